The zero-order valence-corrected chi connectivity index (χ0v) is 15.9. The largest absolute Gasteiger partial charge is 0.491 e. The molecule has 0 atom stereocenters. The Morgan fingerprint density at radius 3 is 2.44 bits per heavy atom. The van der Waals surface area contributed by atoms with E-state index in [0.717, 1.165) is 49.0 Å². The zero-order valence-electron chi connectivity index (χ0n) is 15.9. The quantitative estimate of drug-likeness (QED) is 0.865. The first-order chi connectivity index (χ1) is 13.1. The maximum atomic E-state index is 5.80. The van der Waals surface area contributed by atoms with Gasteiger partial charge in [-0.25, -0.2) is 9.97 Å². The number of ether oxygens (including phenoxy) is 3. The van der Waals surface area contributed by atoms with Gasteiger partial charge in [-0.1, -0.05) is 0 Å². The molecule has 1 spiro atoms. The van der Waals surface area contributed by atoms with Crippen molar-refractivity contribution in [2.75, 3.05) is 36.5 Å². The van der Waals surface area contributed by atoms with E-state index < -0.39 is 0 Å². The van der Waals surface area contributed by atoms with Crippen LogP contribution in [-0.2, 0) is 9.47 Å². The first kappa shape index (κ1) is 18.0. The van der Waals surface area contributed by atoms with Gasteiger partial charge < -0.3 is 24.4 Å². The van der Waals surface area contributed by atoms with Gasteiger partial charge in [-0.15, -0.1) is 0 Å². The second kappa shape index (κ2) is 7.70. The van der Waals surface area contributed by atoms with Gasteiger partial charge in [-0.05, 0) is 38.1 Å². The van der Waals surface area contributed by atoms with Crippen LogP contribution in [0.3, 0.4) is 0 Å². The molecule has 27 heavy (non-hydrogen) atoms. The van der Waals surface area contributed by atoms with Crippen molar-refractivity contribution >= 4 is 17.3 Å². The van der Waals surface area contributed by atoms with Gasteiger partial charge in [0.1, 0.15) is 23.7 Å². The Morgan fingerprint density at radius 1 is 1.07 bits per heavy atom. The summed E-state index contributed by atoms with van der Waals surface area (Å²) in [5.74, 6) is 2.17. The van der Waals surface area contributed by atoms with Crippen molar-refractivity contribution in [1.29, 1.82) is 0 Å². The number of anilines is 3. The fourth-order valence-corrected chi connectivity index (χ4v) is 3.49. The molecule has 0 saturated carbocycles. The summed E-state index contributed by atoms with van der Waals surface area (Å²) < 4.78 is 17.3. The molecule has 2 aliphatic rings. The van der Waals surface area contributed by atoms with Gasteiger partial charge >= 0.3 is 0 Å². The van der Waals surface area contributed by atoms with E-state index in [1.807, 2.05) is 44.2 Å². The number of benzene rings is 1. The minimum atomic E-state index is -0.371. The lowest BCUT2D eigenvalue weighted by atomic mass is 10.0. The maximum Gasteiger partial charge on any atom is 0.171 e. The highest BCUT2D eigenvalue weighted by molar-refractivity contribution is 5.60. The van der Waals surface area contributed by atoms with Crippen LogP contribution in [0.15, 0.2) is 36.7 Å². The van der Waals surface area contributed by atoms with Gasteiger partial charge in [-0.2, -0.15) is 0 Å². The second-order valence-corrected chi connectivity index (χ2v) is 7.17. The van der Waals surface area contributed by atoms with Crippen molar-refractivity contribution < 1.29 is 14.2 Å². The van der Waals surface area contributed by atoms with E-state index >= 15 is 0 Å². The summed E-state index contributed by atoms with van der Waals surface area (Å²) in [6, 6.07) is 9.86. The minimum Gasteiger partial charge on any atom is -0.491 e. The smallest absolute Gasteiger partial charge is 0.171 e. The fourth-order valence-electron chi connectivity index (χ4n) is 3.49. The molecule has 0 amide bonds. The van der Waals surface area contributed by atoms with Gasteiger partial charge in [0.2, 0.25) is 0 Å². The molecule has 0 aliphatic carbocycles. The molecule has 1 aromatic heterocycles. The standard InChI is InChI=1S/C20H26N4O3/c1-15(2)27-17-5-3-16(4-6-17)23-18-13-19(22-14-21-18)24-9-7-20(8-10-24)25-11-12-26-20/h3-6,13-15H,7-12H2,1-2H3,(H,21,22,23). The number of hydrogen-bond acceptors (Lipinski definition) is 7. The van der Waals surface area contributed by atoms with Crippen LogP contribution in [0.5, 0.6) is 5.75 Å². The Morgan fingerprint density at radius 2 is 1.78 bits per heavy atom. The third-order valence-electron chi connectivity index (χ3n) is 4.81. The molecular formula is C20H26N4O3. The topological polar surface area (TPSA) is 68.7 Å². The molecule has 0 bridgehead atoms. The fraction of sp³-hybridized carbons (Fsp3) is 0.500. The Kier molecular flexibility index (Phi) is 5.13. The molecule has 2 aliphatic heterocycles. The maximum absolute atomic E-state index is 5.80. The molecule has 7 heteroatoms. The van der Waals surface area contributed by atoms with E-state index in [-0.39, 0.29) is 11.9 Å². The molecule has 0 radical (unpaired) electrons. The van der Waals surface area contributed by atoms with Gasteiger partial charge in [0.25, 0.3) is 0 Å². The molecule has 2 fully saturated rings. The highest BCUT2D eigenvalue weighted by Crippen LogP contribution is 2.33. The predicted octanol–water partition coefficient (Wildman–Crippen LogP) is 3.35. The van der Waals surface area contributed by atoms with Crippen molar-refractivity contribution in [3.05, 3.63) is 36.7 Å². The normalized spacial score (nSPS) is 18.9. The summed E-state index contributed by atoms with van der Waals surface area (Å²) in [5, 5.41) is 3.33. The Bertz CT molecular complexity index is 750. The summed E-state index contributed by atoms with van der Waals surface area (Å²) >= 11 is 0. The van der Waals surface area contributed by atoms with Crippen LogP contribution >= 0.6 is 0 Å². The third-order valence-corrected chi connectivity index (χ3v) is 4.81. The second-order valence-electron chi connectivity index (χ2n) is 7.17. The van der Waals surface area contributed by atoms with Crippen molar-refractivity contribution in [2.45, 2.75) is 38.6 Å². The van der Waals surface area contributed by atoms with E-state index in [4.69, 9.17) is 14.2 Å². The van der Waals surface area contributed by atoms with Crippen LogP contribution < -0.4 is 15.0 Å². The molecule has 144 valence electrons. The van der Waals surface area contributed by atoms with Crippen molar-refractivity contribution in [1.82, 2.24) is 9.97 Å². The summed E-state index contributed by atoms with van der Waals surface area (Å²) in [7, 11) is 0. The van der Waals surface area contributed by atoms with Crippen LogP contribution in [0.2, 0.25) is 0 Å². The average molecular weight is 370 g/mol. The van der Waals surface area contributed by atoms with Gasteiger partial charge in [-0.3, -0.25) is 0 Å². The van der Waals surface area contributed by atoms with Crippen molar-refractivity contribution in [2.24, 2.45) is 0 Å². The molecule has 1 aromatic carbocycles. The number of piperidine rings is 1. The van der Waals surface area contributed by atoms with E-state index in [1.165, 1.54) is 0 Å². The van der Waals surface area contributed by atoms with Gasteiger partial charge in [0, 0.05) is 37.7 Å². The number of nitrogens with zero attached hydrogens (tertiary/aromatic N) is 3. The van der Waals surface area contributed by atoms with Crippen LogP contribution in [0.25, 0.3) is 0 Å². The third kappa shape index (κ3) is 4.31. The number of rotatable bonds is 5. The molecular weight excluding hydrogens is 344 g/mol. The first-order valence-electron chi connectivity index (χ1n) is 9.51. The minimum absolute atomic E-state index is 0.164. The highest BCUT2D eigenvalue weighted by atomic mass is 16.7. The Hall–Kier alpha value is -2.38. The first-order valence-corrected chi connectivity index (χ1v) is 9.51. The molecule has 3 heterocycles. The number of nitrogens with one attached hydrogen (secondary N) is 1. The molecule has 2 saturated heterocycles. The molecule has 2 aromatic rings. The van der Waals surface area contributed by atoms with E-state index in [1.54, 1.807) is 6.33 Å². The zero-order chi connectivity index (χ0) is 18.7. The SMILES string of the molecule is CC(C)Oc1ccc(Nc2cc(N3CCC4(CC3)OCCO4)ncn2)cc1. The molecule has 1 N–H and O–H groups in total. The molecule has 0 unspecified atom stereocenters. The molecule has 7 nitrogen and oxygen atoms in total. The Balaban J connectivity index is 1.39. The molecule has 4 rings (SSSR count). The van der Waals surface area contributed by atoms with Crippen LogP contribution in [0.4, 0.5) is 17.3 Å². The lowest BCUT2D eigenvalue weighted by Crippen LogP contribution is -2.45. The summed E-state index contributed by atoms with van der Waals surface area (Å²) in [4.78, 5) is 11.0. The lowest BCUT2D eigenvalue weighted by Gasteiger charge is -2.38. The van der Waals surface area contributed by atoms with Crippen LogP contribution in [0, 0.1) is 0 Å². The number of aromatic nitrogens is 2. The average Bonchev–Trinajstić information content (AvgIpc) is 3.12. The van der Waals surface area contributed by atoms with Crippen molar-refractivity contribution in [3.8, 4) is 5.75 Å². The predicted molar refractivity (Wildman–Crippen MR) is 104 cm³/mol. The van der Waals surface area contributed by atoms with Crippen molar-refractivity contribution in [3.63, 3.8) is 0 Å². The summed E-state index contributed by atoms with van der Waals surface area (Å²) in [6.45, 7) is 7.14. The highest BCUT2D eigenvalue weighted by Gasteiger charge is 2.40. The summed E-state index contributed by atoms with van der Waals surface area (Å²) in [6.07, 6.45) is 3.48. The Labute approximate surface area is 159 Å². The monoisotopic (exact) mass is 370 g/mol. The number of hydrogen-bond donors (Lipinski definition) is 1. The van der Waals surface area contributed by atoms with E-state index in [0.29, 0.717) is 13.2 Å². The van der Waals surface area contributed by atoms with Crippen LogP contribution in [-0.4, -0.2) is 48.2 Å². The summed E-state index contributed by atoms with van der Waals surface area (Å²) in [5.41, 5.74) is 0.959. The van der Waals surface area contributed by atoms with Gasteiger partial charge in [0.05, 0.1) is 19.3 Å². The lowest BCUT2D eigenvalue weighted by molar-refractivity contribution is -0.169. The van der Waals surface area contributed by atoms with E-state index in [2.05, 4.69) is 20.2 Å². The van der Waals surface area contributed by atoms with Gasteiger partial charge in [0.15, 0.2) is 5.79 Å². The van der Waals surface area contributed by atoms with Crippen LogP contribution in [0.1, 0.15) is 26.7 Å². The van der Waals surface area contributed by atoms with E-state index in [9.17, 15) is 0 Å².